The molecular formula is C27H32F3NO3S. The van der Waals surface area contributed by atoms with Crippen LogP contribution >= 0.6 is 11.3 Å². The van der Waals surface area contributed by atoms with Crippen LogP contribution in [-0.2, 0) is 12.6 Å². The first kappa shape index (κ1) is 27.2. The van der Waals surface area contributed by atoms with Gasteiger partial charge in [0, 0.05) is 10.4 Å². The number of nitrogens with zero attached hydrogens (tertiary/aromatic N) is 1. The molecule has 1 heterocycles. The van der Waals surface area contributed by atoms with Gasteiger partial charge in [-0.2, -0.15) is 13.2 Å². The van der Waals surface area contributed by atoms with Crippen molar-refractivity contribution >= 4 is 11.3 Å². The van der Waals surface area contributed by atoms with Crippen LogP contribution in [0.4, 0.5) is 13.2 Å². The summed E-state index contributed by atoms with van der Waals surface area (Å²) in [7, 11) is 0. The van der Waals surface area contributed by atoms with Crippen molar-refractivity contribution in [2.45, 2.75) is 71.3 Å². The van der Waals surface area contributed by atoms with Crippen molar-refractivity contribution in [1.29, 1.82) is 0 Å². The van der Waals surface area contributed by atoms with Gasteiger partial charge in [0.1, 0.15) is 16.4 Å². The molecule has 4 nitrogen and oxygen atoms in total. The van der Waals surface area contributed by atoms with Crippen LogP contribution in [-0.4, -0.2) is 27.4 Å². The maximum absolute atomic E-state index is 12.9. The van der Waals surface area contributed by atoms with E-state index in [1.807, 2.05) is 19.1 Å². The highest BCUT2D eigenvalue weighted by Crippen LogP contribution is 2.36. The molecule has 0 aliphatic rings. The summed E-state index contributed by atoms with van der Waals surface area (Å²) in [6, 6.07) is 10.6. The summed E-state index contributed by atoms with van der Waals surface area (Å²) in [6.45, 7) is 9.49. The second kappa shape index (κ2) is 10.7. The van der Waals surface area contributed by atoms with Crippen molar-refractivity contribution in [1.82, 2.24) is 4.98 Å². The normalized spacial score (nSPS) is 13.3. The molecule has 0 spiro atoms. The number of hydrogen-bond donors (Lipinski definition) is 2. The summed E-state index contributed by atoms with van der Waals surface area (Å²) in [6.07, 6.45) is -4.08. The number of aryl methyl sites for hydroxylation is 2. The third kappa shape index (κ3) is 6.84. The molecule has 0 saturated carbocycles. The summed E-state index contributed by atoms with van der Waals surface area (Å²) >= 11 is 1.48. The average molecular weight is 508 g/mol. The average Bonchev–Trinajstić information content (AvgIpc) is 3.23. The van der Waals surface area contributed by atoms with Crippen LogP contribution in [0.3, 0.4) is 0 Å². The van der Waals surface area contributed by atoms with Crippen LogP contribution < -0.4 is 4.74 Å². The van der Waals surface area contributed by atoms with Crippen LogP contribution in [0, 0.1) is 6.92 Å². The smallest absolute Gasteiger partial charge is 0.416 e. The zero-order chi connectivity index (χ0) is 26.0. The minimum atomic E-state index is -4.37. The number of alkyl halides is 3. The van der Waals surface area contributed by atoms with E-state index in [-0.39, 0.29) is 12.5 Å². The summed E-state index contributed by atoms with van der Waals surface area (Å²) in [4.78, 5) is 5.79. The molecule has 0 radical (unpaired) electrons. The molecule has 2 N–H and O–H groups in total. The Labute approximate surface area is 208 Å². The van der Waals surface area contributed by atoms with Crippen molar-refractivity contribution in [3.05, 3.63) is 69.7 Å². The van der Waals surface area contributed by atoms with Gasteiger partial charge in [0.05, 0.1) is 24.0 Å². The van der Waals surface area contributed by atoms with Crippen molar-refractivity contribution in [2.24, 2.45) is 0 Å². The molecule has 35 heavy (non-hydrogen) atoms. The van der Waals surface area contributed by atoms with Gasteiger partial charge < -0.3 is 14.9 Å². The Morgan fingerprint density at radius 1 is 1.06 bits per heavy atom. The molecule has 190 valence electrons. The van der Waals surface area contributed by atoms with E-state index in [4.69, 9.17) is 9.72 Å². The molecule has 3 rings (SSSR count). The minimum Gasteiger partial charge on any atom is -0.485 e. The molecule has 2 aromatic carbocycles. The molecule has 1 atom stereocenters. The lowest BCUT2D eigenvalue weighted by Crippen LogP contribution is -2.32. The van der Waals surface area contributed by atoms with E-state index < -0.39 is 23.4 Å². The second-order valence-electron chi connectivity index (χ2n) is 9.66. The van der Waals surface area contributed by atoms with Crippen LogP contribution in [0.2, 0.25) is 0 Å². The summed E-state index contributed by atoms with van der Waals surface area (Å²) in [5.74, 6) is 0.860. The minimum absolute atomic E-state index is 0.114. The number of rotatable bonds is 9. The Morgan fingerprint density at radius 3 is 2.26 bits per heavy atom. The van der Waals surface area contributed by atoms with Crippen molar-refractivity contribution in [3.8, 4) is 16.3 Å². The van der Waals surface area contributed by atoms with Crippen LogP contribution in [0.15, 0.2) is 42.5 Å². The number of benzene rings is 2. The molecule has 8 heteroatoms. The number of thiazole rings is 1. The van der Waals surface area contributed by atoms with E-state index in [0.29, 0.717) is 29.2 Å². The zero-order valence-electron chi connectivity index (χ0n) is 20.6. The Hall–Kier alpha value is -2.42. The predicted octanol–water partition coefficient (Wildman–Crippen LogP) is 7.08. The lowest BCUT2D eigenvalue weighted by atomic mass is 10.00. The molecule has 0 fully saturated rings. The Kier molecular flexibility index (Phi) is 8.29. The number of aromatic nitrogens is 1. The number of hydrogen-bond acceptors (Lipinski definition) is 5. The molecule has 1 aromatic heterocycles. The molecular weight excluding hydrogens is 475 g/mol. The monoisotopic (exact) mass is 507 g/mol. The molecule has 0 aliphatic carbocycles. The first-order valence-corrected chi connectivity index (χ1v) is 12.4. The van der Waals surface area contributed by atoms with Crippen LogP contribution in [0.1, 0.15) is 73.4 Å². The fraction of sp³-hybridized carbons (Fsp3) is 0.444. The van der Waals surface area contributed by atoms with E-state index >= 15 is 0 Å². The molecule has 1 unspecified atom stereocenters. The molecule has 0 saturated heterocycles. The number of ether oxygens (including phenoxy) is 1. The van der Waals surface area contributed by atoms with Gasteiger partial charge in [-0.15, -0.1) is 11.3 Å². The SMILES string of the molecule is Cc1cc(C(O)CCc2nc(-c3ccc(C(F)(F)F)cc3)sc2C(C)C)ccc1OC(C)(C)CO. The van der Waals surface area contributed by atoms with Gasteiger partial charge in [0.2, 0.25) is 0 Å². The van der Waals surface area contributed by atoms with E-state index in [1.165, 1.54) is 23.5 Å². The van der Waals surface area contributed by atoms with E-state index in [9.17, 15) is 23.4 Å². The second-order valence-corrected chi connectivity index (χ2v) is 10.7. The summed E-state index contributed by atoms with van der Waals surface area (Å²) in [5.41, 5.74) is 1.75. The first-order chi connectivity index (χ1) is 16.3. The van der Waals surface area contributed by atoms with Gasteiger partial charge >= 0.3 is 6.18 Å². The van der Waals surface area contributed by atoms with Crippen molar-refractivity contribution in [3.63, 3.8) is 0 Å². The highest BCUT2D eigenvalue weighted by atomic mass is 32.1. The van der Waals surface area contributed by atoms with E-state index in [2.05, 4.69) is 13.8 Å². The van der Waals surface area contributed by atoms with Gasteiger partial charge in [-0.1, -0.05) is 32.0 Å². The Bertz CT molecular complexity index is 1140. The maximum Gasteiger partial charge on any atom is 0.416 e. The third-order valence-electron chi connectivity index (χ3n) is 5.72. The zero-order valence-corrected chi connectivity index (χ0v) is 21.4. The lowest BCUT2D eigenvalue weighted by molar-refractivity contribution is -0.137. The van der Waals surface area contributed by atoms with E-state index in [0.717, 1.165) is 33.8 Å². The van der Waals surface area contributed by atoms with E-state index in [1.54, 1.807) is 19.9 Å². The summed E-state index contributed by atoms with van der Waals surface area (Å²) in [5, 5.41) is 20.9. The molecule has 0 amide bonds. The fourth-order valence-electron chi connectivity index (χ4n) is 3.68. The molecule has 0 aliphatic heterocycles. The van der Waals surface area contributed by atoms with Crippen LogP contribution in [0.5, 0.6) is 5.75 Å². The largest absolute Gasteiger partial charge is 0.485 e. The third-order valence-corrected chi connectivity index (χ3v) is 7.16. The maximum atomic E-state index is 12.9. The van der Waals surface area contributed by atoms with Gasteiger partial charge in [0.15, 0.2) is 0 Å². The quantitative estimate of drug-likeness (QED) is 0.325. The highest BCUT2D eigenvalue weighted by Gasteiger charge is 2.30. The van der Waals surface area contributed by atoms with Crippen LogP contribution in [0.25, 0.3) is 10.6 Å². The standard InChI is InChI=1S/C27H32F3NO3S/c1-16(2)24-21(31-25(35-24)18-6-9-20(10-7-18)27(28,29)30)11-12-22(33)19-8-13-23(17(3)14-19)34-26(4,5)15-32/h6-10,13-14,16,22,32-33H,11-12,15H2,1-5H3. The van der Waals surface area contributed by atoms with Gasteiger partial charge in [0.25, 0.3) is 0 Å². The predicted molar refractivity (Wildman–Crippen MR) is 133 cm³/mol. The number of halogens is 3. The lowest BCUT2D eigenvalue weighted by Gasteiger charge is -2.25. The number of aliphatic hydroxyl groups is 2. The Morgan fingerprint density at radius 2 is 1.71 bits per heavy atom. The molecule has 0 bridgehead atoms. The molecule has 3 aromatic rings. The van der Waals surface area contributed by atoms with Gasteiger partial charge in [-0.05, 0) is 74.9 Å². The van der Waals surface area contributed by atoms with Gasteiger partial charge in [-0.25, -0.2) is 4.98 Å². The van der Waals surface area contributed by atoms with Gasteiger partial charge in [-0.3, -0.25) is 0 Å². The van der Waals surface area contributed by atoms with Crippen molar-refractivity contribution in [2.75, 3.05) is 6.61 Å². The highest BCUT2D eigenvalue weighted by molar-refractivity contribution is 7.15. The topological polar surface area (TPSA) is 62.6 Å². The number of aliphatic hydroxyl groups excluding tert-OH is 2. The first-order valence-electron chi connectivity index (χ1n) is 11.6. The van der Waals surface area contributed by atoms with Crippen molar-refractivity contribution < 1.29 is 28.1 Å². The Balaban J connectivity index is 1.74. The fourth-order valence-corrected chi connectivity index (χ4v) is 4.80. The summed E-state index contributed by atoms with van der Waals surface area (Å²) < 4.78 is 44.5.